The molecule has 0 aliphatic carbocycles. The molecule has 0 saturated carbocycles. The Hall–Kier alpha value is -5.73. The van der Waals surface area contributed by atoms with Crippen LogP contribution in [0.4, 0.5) is 10.5 Å². The van der Waals surface area contributed by atoms with Crippen molar-refractivity contribution in [2.75, 3.05) is 31.1 Å². The smallest absolute Gasteiger partial charge is 0.420 e. The molecule has 9 rings (SSSR count). The molecule has 2 atom stereocenters. The number of benzene rings is 4. The van der Waals surface area contributed by atoms with Crippen molar-refractivity contribution in [1.82, 2.24) is 19.8 Å². The first-order chi connectivity index (χ1) is 29.2. The number of hydrogen-bond donors (Lipinski definition) is 4. The summed E-state index contributed by atoms with van der Waals surface area (Å²) in [6, 6.07) is 28.1. The molecule has 0 unspecified atom stereocenters. The zero-order valence-electron chi connectivity index (χ0n) is 35.5. The van der Waals surface area contributed by atoms with Gasteiger partial charge in [-0.05, 0) is 103 Å². The Labute approximate surface area is 356 Å². The SMILES string of the molecule is CC(C)(C)[Si](C)(C)O[C@H](CNCc1ccc2c(c1)oc(=O)n2C/C=C/c1ccc(-c2ccccc2)c(N(C(=O)O)[C@H]2CN3CCC2CC3)c1)c1ccc(O)c2[nH]c(=O)ccc12. The molecule has 2 bridgehead atoms. The van der Waals surface area contributed by atoms with Gasteiger partial charge in [0, 0.05) is 43.2 Å². The van der Waals surface area contributed by atoms with E-state index in [-0.39, 0.29) is 35.0 Å². The van der Waals surface area contributed by atoms with Gasteiger partial charge in [0.25, 0.3) is 0 Å². The fraction of sp³-hybridized carbons (Fsp3) is 0.354. The number of carbonyl (C=O) groups is 1. The number of rotatable bonds is 13. The van der Waals surface area contributed by atoms with Gasteiger partial charge < -0.3 is 34.3 Å². The van der Waals surface area contributed by atoms with Gasteiger partial charge in [-0.1, -0.05) is 87.5 Å². The number of aromatic hydroxyl groups is 1. The molecular weight excluding hydrogens is 787 g/mol. The molecule has 2 aromatic heterocycles. The normalized spacial score (nSPS) is 18.6. The summed E-state index contributed by atoms with van der Waals surface area (Å²) < 4.78 is 14.3. The van der Waals surface area contributed by atoms with Gasteiger partial charge in [-0.3, -0.25) is 14.3 Å². The molecule has 3 aliphatic heterocycles. The third-order valence-corrected chi connectivity index (χ3v) is 17.5. The maximum atomic E-state index is 13.2. The topological polar surface area (TPSA) is 153 Å². The third-order valence-electron chi connectivity index (χ3n) is 13.0. The highest BCUT2D eigenvalue weighted by Gasteiger charge is 2.41. The van der Waals surface area contributed by atoms with E-state index in [0.717, 1.165) is 65.7 Å². The lowest BCUT2D eigenvalue weighted by molar-refractivity contribution is 0.0838. The number of anilines is 1. The van der Waals surface area contributed by atoms with E-state index in [1.54, 1.807) is 21.6 Å². The number of amides is 1. The van der Waals surface area contributed by atoms with Crippen molar-refractivity contribution in [3.63, 3.8) is 0 Å². The predicted molar refractivity (Wildman–Crippen MR) is 244 cm³/mol. The van der Waals surface area contributed by atoms with E-state index >= 15 is 0 Å². The molecule has 12 nitrogen and oxygen atoms in total. The first-order valence-corrected chi connectivity index (χ1v) is 24.0. The van der Waals surface area contributed by atoms with Crippen LogP contribution in [-0.2, 0) is 17.5 Å². The lowest BCUT2D eigenvalue weighted by Crippen LogP contribution is -2.59. The monoisotopic (exact) mass is 841 g/mol. The second kappa shape index (κ2) is 17.0. The van der Waals surface area contributed by atoms with Crippen LogP contribution in [-0.4, -0.2) is 71.3 Å². The summed E-state index contributed by atoms with van der Waals surface area (Å²) in [7, 11) is -2.26. The van der Waals surface area contributed by atoms with Crippen molar-refractivity contribution in [3.8, 4) is 16.9 Å². The summed E-state index contributed by atoms with van der Waals surface area (Å²) in [5.41, 5.74) is 6.34. The number of H-pyrrole nitrogens is 1. The van der Waals surface area contributed by atoms with Crippen molar-refractivity contribution in [2.45, 2.75) is 77.0 Å². The first-order valence-electron chi connectivity index (χ1n) is 21.1. The third kappa shape index (κ3) is 8.74. The van der Waals surface area contributed by atoms with Crippen LogP contribution in [0.1, 0.15) is 56.4 Å². The maximum Gasteiger partial charge on any atom is 0.420 e. The molecule has 3 fully saturated rings. The van der Waals surface area contributed by atoms with Crippen LogP contribution in [0.25, 0.3) is 39.2 Å². The molecule has 0 spiro atoms. The Kier molecular flexibility index (Phi) is 11.7. The number of nitrogens with one attached hydrogen (secondary N) is 2. The van der Waals surface area contributed by atoms with Gasteiger partial charge in [0.05, 0.1) is 28.9 Å². The van der Waals surface area contributed by atoms with Crippen LogP contribution in [0, 0.1) is 5.92 Å². The summed E-state index contributed by atoms with van der Waals surface area (Å²) in [6.45, 7) is 14.9. The highest BCUT2D eigenvalue weighted by Crippen LogP contribution is 2.42. The summed E-state index contributed by atoms with van der Waals surface area (Å²) in [5, 5.41) is 25.5. The molecule has 0 radical (unpaired) electrons. The van der Waals surface area contributed by atoms with Crippen LogP contribution in [0.5, 0.6) is 5.75 Å². The van der Waals surface area contributed by atoms with E-state index in [2.05, 4.69) is 49.1 Å². The molecule has 13 heteroatoms. The van der Waals surface area contributed by atoms with Gasteiger partial charge in [-0.25, -0.2) is 9.59 Å². The van der Waals surface area contributed by atoms with E-state index in [1.807, 2.05) is 84.9 Å². The molecule has 4 N–H and O–H groups in total. The Morgan fingerprint density at radius 2 is 1.79 bits per heavy atom. The molecule has 3 aliphatic rings. The maximum absolute atomic E-state index is 13.2. The minimum absolute atomic E-state index is 0.00119. The second-order valence-corrected chi connectivity index (χ2v) is 22.7. The first kappa shape index (κ1) is 42.0. The van der Waals surface area contributed by atoms with E-state index in [0.29, 0.717) is 41.3 Å². The number of pyridine rings is 1. The highest BCUT2D eigenvalue weighted by molar-refractivity contribution is 6.74. The average Bonchev–Trinajstić information content (AvgIpc) is 3.54. The van der Waals surface area contributed by atoms with Gasteiger partial charge in [0.1, 0.15) is 5.75 Å². The van der Waals surface area contributed by atoms with Crippen molar-refractivity contribution < 1.29 is 23.9 Å². The van der Waals surface area contributed by atoms with Crippen molar-refractivity contribution in [1.29, 1.82) is 0 Å². The summed E-state index contributed by atoms with van der Waals surface area (Å²) in [6.07, 6.45) is 4.50. The molecule has 3 saturated heterocycles. The zero-order valence-corrected chi connectivity index (χ0v) is 36.5. The van der Waals surface area contributed by atoms with E-state index in [4.69, 9.17) is 8.84 Å². The number of oxazole rings is 1. The Morgan fingerprint density at radius 3 is 2.49 bits per heavy atom. The Morgan fingerprint density at radius 1 is 1.02 bits per heavy atom. The molecule has 61 heavy (non-hydrogen) atoms. The molecule has 5 heterocycles. The number of aromatic nitrogens is 2. The molecular formula is C48H55N5O7Si. The number of piperidine rings is 3. The van der Waals surface area contributed by atoms with Crippen LogP contribution < -0.4 is 21.5 Å². The number of aromatic amines is 1. The molecule has 318 valence electrons. The number of allylic oxidation sites excluding steroid dienone is 1. The average molecular weight is 842 g/mol. The number of nitrogens with zero attached hydrogens (tertiary/aromatic N) is 3. The number of hydrogen-bond acceptors (Lipinski definition) is 8. The van der Waals surface area contributed by atoms with Gasteiger partial charge >= 0.3 is 11.8 Å². The van der Waals surface area contributed by atoms with Crippen molar-refractivity contribution in [3.05, 3.63) is 135 Å². The van der Waals surface area contributed by atoms with Crippen LogP contribution in [0.15, 0.2) is 111 Å². The molecule has 1 amide bonds. The summed E-state index contributed by atoms with van der Waals surface area (Å²) in [4.78, 5) is 45.1. The highest BCUT2D eigenvalue weighted by atomic mass is 28.4. The minimum Gasteiger partial charge on any atom is -0.506 e. The second-order valence-electron chi connectivity index (χ2n) is 18.0. The van der Waals surface area contributed by atoms with Crippen LogP contribution in [0.2, 0.25) is 18.1 Å². The summed E-state index contributed by atoms with van der Waals surface area (Å²) >= 11 is 0. The lowest BCUT2D eigenvalue weighted by Gasteiger charge is -2.48. The summed E-state index contributed by atoms with van der Waals surface area (Å²) in [5.74, 6) is -0.148. The predicted octanol–water partition coefficient (Wildman–Crippen LogP) is 8.95. The quantitative estimate of drug-likeness (QED) is 0.0835. The number of fused-ring (bicyclic) bond motifs is 5. The molecule has 4 aromatic carbocycles. The minimum atomic E-state index is -2.26. The van der Waals surface area contributed by atoms with Gasteiger partial charge in [0.2, 0.25) is 5.56 Å². The fourth-order valence-electron chi connectivity index (χ4n) is 8.69. The van der Waals surface area contributed by atoms with Crippen LogP contribution >= 0.6 is 0 Å². The van der Waals surface area contributed by atoms with Gasteiger partial charge in [-0.15, -0.1) is 0 Å². The largest absolute Gasteiger partial charge is 0.506 e. The van der Waals surface area contributed by atoms with E-state index < -0.39 is 20.2 Å². The van der Waals surface area contributed by atoms with E-state index in [9.17, 15) is 24.6 Å². The van der Waals surface area contributed by atoms with Crippen molar-refractivity contribution >= 4 is 48.2 Å². The van der Waals surface area contributed by atoms with E-state index in [1.165, 1.54) is 6.07 Å². The standard InChI is InChI=1S/C48H55N5O7Si/c1-48(2,3)61(4,5)60-43(36-16-19-41(54)45-37(36)17-20-44(55)50-45)29-49-28-32-14-18-38-42(27-32)59-47(58)52(38)23-9-10-31-13-15-35(33-11-7-6-8-12-33)39(26-31)53(46(56)57)40-30-51-24-21-34(40)22-25-51/h6-20,26-27,34,40,43,49,54H,21-25,28-30H2,1-5H3,(H,50,55)(H,56,57)/b10-9+/t40-,43+/m0/s1. The van der Waals surface area contributed by atoms with Gasteiger partial charge in [-0.2, -0.15) is 0 Å². The number of phenolic OH excluding ortho intramolecular Hbond substituents is 1. The van der Waals surface area contributed by atoms with Crippen LogP contribution in [0.3, 0.4) is 0 Å². The number of phenols is 1. The van der Waals surface area contributed by atoms with Crippen molar-refractivity contribution in [2.24, 2.45) is 5.92 Å². The lowest BCUT2D eigenvalue weighted by atomic mass is 9.82. The Bertz CT molecular complexity index is 2710. The van der Waals surface area contributed by atoms with Gasteiger partial charge in [0.15, 0.2) is 13.9 Å². The Balaban J connectivity index is 1.00. The fourth-order valence-corrected chi connectivity index (χ4v) is 9.96. The number of carboxylic acid groups (broad SMARTS) is 1. The molecule has 6 aromatic rings. The zero-order chi connectivity index (χ0) is 43.1.